The van der Waals surface area contributed by atoms with Gasteiger partial charge in [-0.15, -0.1) is 0 Å². The summed E-state index contributed by atoms with van der Waals surface area (Å²) >= 11 is 0. The Morgan fingerprint density at radius 1 is 1.20 bits per heavy atom. The fourth-order valence-corrected chi connectivity index (χ4v) is 3.99. The molecule has 0 saturated carbocycles. The van der Waals surface area contributed by atoms with E-state index in [2.05, 4.69) is 10.3 Å². The van der Waals surface area contributed by atoms with Gasteiger partial charge in [-0.2, -0.15) is 13.2 Å². The number of hydrogen-bond acceptors (Lipinski definition) is 7. The Morgan fingerprint density at radius 2 is 1.97 bits per heavy atom. The number of hydrogen-bond donors (Lipinski definition) is 1. The van der Waals surface area contributed by atoms with Crippen LogP contribution in [0.25, 0.3) is 10.9 Å². The molecule has 0 unspecified atom stereocenters. The maximum absolute atomic E-state index is 13.4. The molecule has 1 aliphatic heterocycles. The highest BCUT2D eigenvalue weighted by Gasteiger charge is 2.33. The summed E-state index contributed by atoms with van der Waals surface area (Å²) in [6, 6.07) is 7.16. The molecule has 1 N–H and O–H groups in total. The third kappa shape index (κ3) is 5.40. The van der Waals surface area contributed by atoms with E-state index in [1.807, 2.05) is 0 Å². The van der Waals surface area contributed by atoms with Crippen LogP contribution < -0.4 is 14.8 Å². The average Bonchev–Trinajstić information content (AvgIpc) is 3.31. The molecule has 8 nitrogen and oxygen atoms in total. The molecule has 0 aliphatic carbocycles. The van der Waals surface area contributed by atoms with Crippen LogP contribution in [-0.2, 0) is 10.9 Å². The van der Waals surface area contributed by atoms with E-state index in [9.17, 15) is 23.3 Å². The summed E-state index contributed by atoms with van der Waals surface area (Å²) in [6.07, 6.45) is -4.10. The SMILES string of the molecule is COc1cc2nc(C)cc(N[C@H](C)c3cc([N+](=O)[O-])cc(C(F)(F)F)c3)c2cc1O[C@H]1CCOC1. The minimum Gasteiger partial charge on any atom is -0.493 e. The quantitative estimate of drug-likeness (QED) is 0.329. The Morgan fingerprint density at radius 3 is 2.60 bits per heavy atom. The number of nitro groups is 1. The Labute approximate surface area is 199 Å². The monoisotopic (exact) mass is 491 g/mol. The summed E-state index contributed by atoms with van der Waals surface area (Å²) in [7, 11) is 1.52. The summed E-state index contributed by atoms with van der Waals surface area (Å²) in [5.74, 6) is 0.988. The topological polar surface area (TPSA) is 95.8 Å². The van der Waals surface area contributed by atoms with Gasteiger partial charge in [-0.05, 0) is 37.6 Å². The van der Waals surface area contributed by atoms with Crippen molar-refractivity contribution < 1.29 is 32.3 Å². The van der Waals surface area contributed by atoms with Gasteiger partial charge in [0.1, 0.15) is 6.10 Å². The highest BCUT2D eigenvalue weighted by atomic mass is 19.4. The molecule has 0 amide bonds. The molecule has 0 radical (unpaired) electrons. The van der Waals surface area contributed by atoms with E-state index in [0.29, 0.717) is 53.1 Å². The number of benzene rings is 2. The van der Waals surface area contributed by atoms with Gasteiger partial charge in [-0.25, -0.2) is 0 Å². The van der Waals surface area contributed by atoms with Crippen molar-refractivity contribution in [2.75, 3.05) is 25.6 Å². The number of methoxy groups -OCH3 is 1. The van der Waals surface area contributed by atoms with Crippen LogP contribution >= 0.6 is 0 Å². The summed E-state index contributed by atoms with van der Waals surface area (Å²) in [6.45, 7) is 4.49. The number of pyridine rings is 1. The van der Waals surface area contributed by atoms with Crippen molar-refractivity contribution in [3.05, 3.63) is 63.3 Å². The number of nitro benzene ring substituents is 1. The van der Waals surface area contributed by atoms with E-state index in [4.69, 9.17) is 14.2 Å². The molecule has 2 aromatic carbocycles. The molecule has 35 heavy (non-hydrogen) atoms. The van der Waals surface area contributed by atoms with Crippen LogP contribution in [0.2, 0.25) is 0 Å². The highest BCUT2D eigenvalue weighted by Crippen LogP contribution is 2.38. The number of fused-ring (bicyclic) bond motifs is 1. The lowest BCUT2D eigenvalue weighted by Crippen LogP contribution is -2.16. The fraction of sp³-hybridized carbons (Fsp3) is 0.375. The molecule has 0 bridgehead atoms. The van der Waals surface area contributed by atoms with Gasteiger partial charge in [0.25, 0.3) is 5.69 Å². The summed E-state index contributed by atoms with van der Waals surface area (Å²) < 4.78 is 57.0. The number of alkyl halides is 3. The first-order valence-electron chi connectivity index (χ1n) is 10.9. The smallest absolute Gasteiger partial charge is 0.416 e. The third-order valence-electron chi connectivity index (χ3n) is 5.75. The van der Waals surface area contributed by atoms with Gasteiger partial charge in [0.15, 0.2) is 11.5 Å². The summed E-state index contributed by atoms with van der Waals surface area (Å²) in [4.78, 5) is 15.0. The van der Waals surface area contributed by atoms with Crippen molar-refractivity contribution in [3.63, 3.8) is 0 Å². The molecule has 11 heteroatoms. The van der Waals surface area contributed by atoms with Crippen LogP contribution in [0.3, 0.4) is 0 Å². The van der Waals surface area contributed by atoms with Crippen LogP contribution in [-0.4, -0.2) is 36.3 Å². The molecule has 186 valence electrons. The third-order valence-corrected chi connectivity index (χ3v) is 5.75. The van der Waals surface area contributed by atoms with Crippen molar-refractivity contribution in [3.8, 4) is 11.5 Å². The van der Waals surface area contributed by atoms with Gasteiger partial charge in [0.2, 0.25) is 0 Å². The van der Waals surface area contributed by atoms with Crippen LogP contribution in [0.15, 0.2) is 36.4 Å². The standard InChI is InChI=1S/C24H24F3N3O5/c1-13-6-20(29-14(2)15-7-16(24(25,26)27)9-17(8-15)30(31)32)19-10-23(35-18-4-5-34-12-18)22(33-3)11-21(19)28-13/h6-11,14,18H,4-5,12H2,1-3H3,(H,28,29)/t14-,18+/m1/s1. The first-order chi connectivity index (χ1) is 16.5. The number of halogens is 3. The van der Waals surface area contributed by atoms with Crippen LogP contribution in [0, 0.1) is 17.0 Å². The molecule has 2 atom stereocenters. The maximum atomic E-state index is 13.4. The number of non-ortho nitro benzene ring substituents is 1. The Balaban J connectivity index is 1.74. The molecule has 1 saturated heterocycles. The van der Waals surface area contributed by atoms with E-state index in [-0.39, 0.29) is 11.7 Å². The first-order valence-corrected chi connectivity index (χ1v) is 10.9. The van der Waals surface area contributed by atoms with Crippen LogP contribution in [0.5, 0.6) is 11.5 Å². The van der Waals surface area contributed by atoms with E-state index >= 15 is 0 Å². The molecule has 0 spiro atoms. The zero-order chi connectivity index (χ0) is 25.3. The van der Waals surface area contributed by atoms with Crippen molar-refractivity contribution >= 4 is 22.3 Å². The molecule has 1 aliphatic rings. The predicted molar refractivity (Wildman–Crippen MR) is 123 cm³/mol. The summed E-state index contributed by atoms with van der Waals surface area (Å²) in [5.41, 5.74) is 0.282. The zero-order valence-electron chi connectivity index (χ0n) is 19.3. The number of ether oxygens (including phenoxy) is 3. The Bertz CT molecular complexity index is 1260. The van der Waals surface area contributed by atoms with Gasteiger partial charge in [-0.3, -0.25) is 15.1 Å². The van der Waals surface area contributed by atoms with E-state index < -0.39 is 28.4 Å². The van der Waals surface area contributed by atoms with Crippen molar-refractivity contribution in [2.45, 2.75) is 38.6 Å². The van der Waals surface area contributed by atoms with Gasteiger partial charge in [0, 0.05) is 47.4 Å². The maximum Gasteiger partial charge on any atom is 0.416 e. The van der Waals surface area contributed by atoms with Gasteiger partial charge >= 0.3 is 6.18 Å². The predicted octanol–water partition coefficient (Wildman–Crippen LogP) is 5.82. The van der Waals surface area contributed by atoms with Crippen molar-refractivity contribution in [2.24, 2.45) is 0 Å². The zero-order valence-corrected chi connectivity index (χ0v) is 19.3. The molecular formula is C24H24F3N3O5. The lowest BCUT2D eigenvalue weighted by atomic mass is 10.0. The van der Waals surface area contributed by atoms with E-state index in [0.717, 1.165) is 18.6 Å². The Hall–Kier alpha value is -3.60. The first kappa shape index (κ1) is 24.5. The average molecular weight is 491 g/mol. The lowest BCUT2D eigenvalue weighted by molar-refractivity contribution is -0.385. The number of nitrogens with zero attached hydrogens (tertiary/aromatic N) is 2. The lowest BCUT2D eigenvalue weighted by Gasteiger charge is -2.20. The minimum atomic E-state index is -4.72. The second kappa shape index (κ2) is 9.57. The van der Waals surface area contributed by atoms with Gasteiger partial charge < -0.3 is 19.5 Å². The van der Waals surface area contributed by atoms with Crippen molar-refractivity contribution in [1.82, 2.24) is 4.98 Å². The van der Waals surface area contributed by atoms with Crippen LogP contribution in [0.4, 0.5) is 24.5 Å². The Kier molecular flexibility index (Phi) is 6.70. The number of nitrogens with one attached hydrogen (secondary N) is 1. The number of aromatic nitrogens is 1. The molecule has 1 aromatic heterocycles. The van der Waals surface area contributed by atoms with E-state index in [1.54, 1.807) is 32.0 Å². The molecule has 3 aromatic rings. The largest absolute Gasteiger partial charge is 0.493 e. The van der Waals surface area contributed by atoms with Crippen LogP contribution in [0.1, 0.15) is 36.2 Å². The molecule has 4 rings (SSSR count). The van der Waals surface area contributed by atoms with Gasteiger partial charge in [0.05, 0.1) is 36.3 Å². The fourth-order valence-electron chi connectivity index (χ4n) is 3.99. The van der Waals surface area contributed by atoms with Crippen molar-refractivity contribution in [1.29, 1.82) is 0 Å². The number of anilines is 1. The molecular weight excluding hydrogens is 467 g/mol. The number of rotatable bonds is 7. The van der Waals surface area contributed by atoms with E-state index in [1.165, 1.54) is 7.11 Å². The highest BCUT2D eigenvalue weighted by molar-refractivity contribution is 5.94. The molecule has 1 fully saturated rings. The van der Waals surface area contributed by atoms with Gasteiger partial charge in [-0.1, -0.05) is 0 Å². The second-order valence-electron chi connectivity index (χ2n) is 8.37. The molecule has 2 heterocycles. The normalized spacial score (nSPS) is 16.8. The summed E-state index contributed by atoms with van der Waals surface area (Å²) in [5, 5.41) is 15.1. The minimum absolute atomic E-state index is 0.124. The number of aryl methyl sites for hydroxylation is 1. The second-order valence-corrected chi connectivity index (χ2v) is 8.37.